The van der Waals surface area contributed by atoms with E-state index in [-0.39, 0.29) is 11.3 Å². The van der Waals surface area contributed by atoms with Crippen LogP contribution >= 0.6 is 23.4 Å². The lowest BCUT2D eigenvalue weighted by Crippen LogP contribution is -2.52. The number of aromatic nitrogens is 2. The summed E-state index contributed by atoms with van der Waals surface area (Å²) in [5, 5.41) is 27.9. The fourth-order valence-electron chi connectivity index (χ4n) is 2.81. The van der Waals surface area contributed by atoms with Gasteiger partial charge in [0, 0.05) is 29.9 Å². The van der Waals surface area contributed by atoms with Crippen LogP contribution in [0.25, 0.3) is 11.1 Å². The second-order valence-electron chi connectivity index (χ2n) is 6.54. The molecule has 3 rings (SSSR count). The Kier molecular flexibility index (Phi) is 6.54. The third-order valence-corrected chi connectivity index (χ3v) is 5.31. The number of morpholine rings is 1. The summed E-state index contributed by atoms with van der Waals surface area (Å²) in [4.78, 5) is 1.93. The normalized spacial score (nSPS) is 17.3. The van der Waals surface area contributed by atoms with Crippen LogP contribution in [-0.2, 0) is 4.74 Å². The van der Waals surface area contributed by atoms with E-state index < -0.39 is 0 Å². The lowest BCUT2D eigenvalue weighted by atomic mass is 10.1. The van der Waals surface area contributed by atoms with E-state index in [0.29, 0.717) is 41.5 Å². The van der Waals surface area contributed by atoms with Crippen molar-refractivity contribution in [3.63, 3.8) is 0 Å². The quantitative estimate of drug-likeness (QED) is 0.460. The molecule has 1 aliphatic rings. The molecular formula is C18H23ClN6OS. The average molecular weight is 407 g/mol. The molecule has 2 aromatic rings. The van der Waals surface area contributed by atoms with Crippen LogP contribution in [0, 0.1) is 10.8 Å². The lowest BCUT2D eigenvalue weighted by molar-refractivity contribution is -0.0280. The van der Waals surface area contributed by atoms with Crippen LogP contribution in [0.5, 0.6) is 0 Å². The standard InChI is InChI=1S/C18H23ClN6OS/c1-11(2)24-16-10-25(5-6-26-16)18(21)27-17(20)14-4-3-12(7-15(14)19)13-8-22-23-9-13/h3-4,7-9,11,16,20-21,24H,5-6,10H2,1-2H3,(H,22,23). The maximum Gasteiger partial charge on any atom is 0.162 e. The summed E-state index contributed by atoms with van der Waals surface area (Å²) < 4.78 is 5.69. The summed E-state index contributed by atoms with van der Waals surface area (Å²) in [7, 11) is 0. The number of halogens is 1. The van der Waals surface area contributed by atoms with Gasteiger partial charge in [0.05, 0.1) is 24.4 Å². The number of benzene rings is 1. The summed E-state index contributed by atoms with van der Waals surface area (Å²) in [6.45, 7) is 5.91. The molecule has 0 saturated carbocycles. The zero-order valence-electron chi connectivity index (χ0n) is 15.3. The maximum absolute atomic E-state index is 8.37. The van der Waals surface area contributed by atoms with Gasteiger partial charge in [-0.05, 0) is 37.2 Å². The van der Waals surface area contributed by atoms with Gasteiger partial charge in [0.15, 0.2) is 5.17 Å². The minimum atomic E-state index is -0.105. The predicted molar refractivity (Wildman–Crippen MR) is 111 cm³/mol. The Morgan fingerprint density at radius 3 is 2.89 bits per heavy atom. The van der Waals surface area contributed by atoms with Crippen molar-refractivity contribution in [3.05, 3.63) is 41.2 Å². The zero-order valence-corrected chi connectivity index (χ0v) is 16.8. The first-order chi connectivity index (χ1) is 12.9. The van der Waals surface area contributed by atoms with Crippen molar-refractivity contribution < 1.29 is 4.74 Å². The van der Waals surface area contributed by atoms with Gasteiger partial charge >= 0.3 is 0 Å². The van der Waals surface area contributed by atoms with Crippen LogP contribution in [0.4, 0.5) is 0 Å². The summed E-state index contributed by atoms with van der Waals surface area (Å²) in [5.41, 5.74) is 2.48. The molecule has 27 heavy (non-hydrogen) atoms. The Labute approximate surface area is 167 Å². The summed E-state index contributed by atoms with van der Waals surface area (Å²) in [6, 6.07) is 5.85. The van der Waals surface area contributed by atoms with Crippen molar-refractivity contribution in [1.82, 2.24) is 20.4 Å². The SMILES string of the molecule is CC(C)NC1CN(C(=N)SC(=N)c2ccc(-c3cn[nH]c3)cc2Cl)CCO1. The Morgan fingerprint density at radius 2 is 2.22 bits per heavy atom. The van der Waals surface area contributed by atoms with E-state index >= 15 is 0 Å². The topological polar surface area (TPSA) is 101 Å². The first kappa shape index (κ1) is 19.9. The zero-order chi connectivity index (χ0) is 19.4. The molecule has 4 N–H and O–H groups in total. The van der Waals surface area contributed by atoms with E-state index in [0.717, 1.165) is 22.9 Å². The van der Waals surface area contributed by atoms with Gasteiger partial charge in [-0.15, -0.1) is 0 Å². The van der Waals surface area contributed by atoms with Crippen LogP contribution in [0.3, 0.4) is 0 Å². The smallest absolute Gasteiger partial charge is 0.162 e. The first-order valence-corrected chi connectivity index (χ1v) is 9.90. The summed E-state index contributed by atoms with van der Waals surface area (Å²) in [6.07, 6.45) is 3.41. The van der Waals surface area contributed by atoms with Crippen molar-refractivity contribution in [2.45, 2.75) is 26.1 Å². The Hall–Kier alpha value is -1.87. The lowest BCUT2D eigenvalue weighted by Gasteiger charge is -2.35. The largest absolute Gasteiger partial charge is 0.360 e. The number of ether oxygens (including phenoxy) is 1. The number of aromatic amines is 1. The van der Waals surface area contributed by atoms with Gasteiger partial charge in [-0.3, -0.25) is 21.2 Å². The van der Waals surface area contributed by atoms with Gasteiger partial charge in [-0.1, -0.05) is 23.7 Å². The van der Waals surface area contributed by atoms with Crippen LogP contribution in [0.1, 0.15) is 19.4 Å². The van der Waals surface area contributed by atoms with Crippen LogP contribution in [-0.4, -0.2) is 57.3 Å². The molecule has 1 saturated heterocycles. The molecule has 1 aliphatic heterocycles. The number of hydrogen-bond acceptors (Lipinski definition) is 6. The van der Waals surface area contributed by atoms with E-state index in [9.17, 15) is 0 Å². The van der Waals surface area contributed by atoms with Gasteiger partial charge in [0.2, 0.25) is 0 Å². The van der Waals surface area contributed by atoms with E-state index in [4.69, 9.17) is 27.2 Å². The monoisotopic (exact) mass is 406 g/mol. The Balaban J connectivity index is 1.63. The molecule has 0 aliphatic carbocycles. The highest BCUT2D eigenvalue weighted by molar-refractivity contribution is 8.26. The fraction of sp³-hybridized carbons (Fsp3) is 0.389. The number of rotatable bonds is 4. The third-order valence-electron chi connectivity index (χ3n) is 4.12. The Bertz CT molecular complexity index is 810. The van der Waals surface area contributed by atoms with Crippen LogP contribution < -0.4 is 5.32 Å². The van der Waals surface area contributed by atoms with E-state index in [1.165, 1.54) is 0 Å². The summed E-state index contributed by atoms with van der Waals surface area (Å²) >= 11 is 7.50. The molecule has 1 unspecified atom stereocenters. The fourth-order valence-corrected chi connectivity index (χ4v) is 3.92. The number of nitrogens with one attached hydrogen (secondary N) is 4. The minimum absolute atomic E-state index is 0.105. The van der Waals surface area contributed by atoms with Crippen molar-refractivity contribution in [1.29, 1.82) is 10.8 Å². The van der Waals surface area contributed by atoms with Crippen LogP contribution in [0.15, 0.2) is 30.6 Å². The molecule has 0 spiro atoms. The van der Waals surface area contributed by atoms with Crippen molar-refractivity contribution >= 4 is 33.6 Å². The molecule has 1 aromatic heterocycles. The molecule has 1 fully saturated rings. The molecule has 9 heteroatoms. The molecule has 2 heterocycles. The maximum atomic E-state index is 8.37. The predicted octanol–water partition coefficient (Wildman–Crippen LogP) is 3.38. The number of amidine groups is 1. The number of H-pyrrole nitrogens is 1. The van der Waals surface area contributed by atoms with Gasteiger partial charge in [-0.2, -0.15) is 5.10 Å². The minimum Gasteiger partial charge on any atom is -0.360 e. The molecule has 0 amide bonds. The molecule has 0 radical (unpaired) electrons. The third kappa shape index (κ3) is 5.10. The van der Waals surface area contributed by atoms with E-state index in [2.05, 4.69) is 29.4 Å². The van der Waals surface area contributed by atoms with Gasteiger partial charge in [0.25, 0.3) is 0 Å². The highest BCUT2D eigenvalue weighted by Crippen LogP contribution is 2.28. The van der Waals surface area contributed by atoms with Gasteiger partial charge < -0.3 is 9.64 Å². The number of nitrogens with zero attached hydrogens (tertiary/aromatic N) is 2. The highest BCUT2D eigenvalue weighted by atomic mass is 35.5. The van der Waals surface area contributed by atoms with Crippen LogP contribution in [0.2, 0.25) is 5.02 Å². The van der Waals surface area contributed by atoms with Gasteiger partial charge in [0.1, 0.15) is 11.3 Å². The van der Waals surface area contributed by atoms with E-state index in [1.807, 2.05) is 23.1 Å². The van der Waals surface area contributed by atoms with Crippen molar-refractivity contribution in [2.75, 3.05) is 19.7 Å². The molecule has 0 bridgehead atoms. The number of hydrogen-bond donors (Lipinski definition) is 4. The second kappa shape index (κ2) is 8.88. The average Bonchev–Trinajstić information content (AvgIpc) is 3.15. The first-order valence-electron chi connectivity index (χ1n) is 8.70. The summed E-state index contributed by atoms with van der Waals surface area (Å²) in [5.74, 6) is 0. The van der Waals surface area contributed by atoms with E-state index in [1.54, 1.807) is 12.4 Å². The molecule has 144 valence electrons. The second-order valence-corrected chi connectivity index (χ2v) is 7.95. The van der Waals surface area contributed by atoms with Crippen molar-refractivity contribution in [3.8, 4) is 11.1 Å². The van der Waals surface area contributed by atoms with Crippen molar-refractivity contribution in [2.24, 2.45) is 0 Å². The number of thioether (sulfide) groups is 1. The highest BCUT2D eigenvalue weighted by Gasteiger charge is 2.24. The molecule has 7 nitrogen and oxygen atoms in total. The molecule has 1 aromatic carbocycles. The molecular weight excluding hydrogens is 384 g/mol. The molecule has 1 atom stereocenters. The van der Waals surface area contributed by atoms with Gasteiger partial charge in [-0.25, -0.2) is 0 Å². The Morgan fingerprint density at radius 1 is 1.41 bits per heavy atom.